The molecule has 0 saturated heterocycles. The number of benzene rings is 1. The fraction of sp³-hybridized carbons (Fsp3) is 0.385. The highest BCUT2D eigenvalue weighted by atomic mass is 35.5. The Bertz CT molecular complexity index is 534. The fourth-order valence-corrected chi connectivity index (χ4v) is 2.17. The second-order valence-electron chi connectivity index (χ2n) is 4.22. The largest absolute Gasteiger partial charge is 0.449 e. The van der Waals surface area contributed by atoms with Crippen LogP contribution in [0.5, 0.6) is 0 Å². The van der Waals surface area contributed by atoms with E-state index in [9.17, 15) is 4.79 Å². The van der Waals surface area contributed by atoms with E-state index in [0.717, 1.165) is 6.42 Å². The van der Waals surface area contributed by atoms with E-state index in [1.165, 1.54) is 4.90 Å². The molecule has 0 bridgehead atoms. The van der Waals surface area contributed by atoms with Gasteiger partial charge in [0.15, 0.2) is 0 Å². The van der Waals surface area contributed by atoms with Gasteiger partial charge in [0, 0.05) is 5.02 Å². The third kappa shape index (κ3) is 3.55. The van der Waals surface area contributed by atoms with Gasteiger partial charge in [0.2, 0.25) is 5.96 Å². The number of carbonyl (C=O) groups excluding carboxylic acids is 1. The minimum absolute atomic E-state index is 0.393. The van der Waals surface area contributed by atoms with Crippen molar-refractivity contribution in [2.75, 3.05) is 25.0 Å². The molecule has 1 N–H and O–H groups in total. The molecule has 0 aromatic heterocycles. The summed E-state index contributed by atoms with van der Waals surface area (Å²) in [6, 6.07) is 5.08. The summed E-state index contributed by atoms with van der Waals surface area (Å²) in [7, 11) is 0. The summed E-state index contributed by atoms with van der Waals surface area (Å²) in [5.74, 6) is 0.440. The molecule has 1 aromatic carbocycles. The Morgan fingerprint density at radius 3 is 3.00 bits per heavy atom. The Balaban J connectivity index is 2.06. The predicted octanol–water partition coefficient (Wildman–Crippen LogP) is 3.62. The number of halogens is 2. The number of nitrogens with one attached hydrogen (secondary N) is 1. The molecular weight excluding hydrogens is 301 g/mol. The molecule has 20 heavy (non-hydrogen) atoms. The number of amides is 1. The SMILES string of the molecule is CCCOC(=O)N1CCN=C1Nc1ccc(Cl)cc1Cl. The normalized spacial score (nSPS) is 14.2. The van der Waals surface area contributed by atoms with Crippen LogP contribution in [0.1, 0.15) is 13.3 Å². The van der Waals surface area contributed by atoms with Gasteiger partial charge in [-0.2, -0.15) is 0 Å². The maximum Gasteiger partial charge on any atom is 0.416 e. The van der Waals surface area contributed by atoms with E-state index in [-0.39, 0.29) is 0 Å². The summed E-state index contributed by atoms with van der Waals surface area (Å²) in [6.45, 7) is 3.37. The molecule has 1 amide bonds. The van der Waals surface area contributed by atoms with Gasteiger partial charge >= 0.3 is 6.09 Å². The van der Waals surface area contributed by atoms with Gasteiger partial charge in [0.05, 0.1) is 30.4 Å². The average Bonchev–Trinajstić information content (AvgIpc) is 2.87. The number of hydrogen-bond donors (Lipinski definition) is 1. The summed E-state index contributed by atoms with van der Waals surface area (Å²) >= 11 is 11.9. The van der Waals surface area contributed by atoms with E-state index in [2.05, 4.69) is 10.3 Å². The molecule has 1 aliphatic rings. The summed E-state index contributed by atoms with van der Waals surface area (Å²) in [6.07, 6.45) is 0.378. The van der Waals surface area contributed by atoms with E-state index in [0.29, 0.717) is 41.4 Å². The number of rotatable bonds is 3. The van der Waals surface area contributed by atoms with Crippen molar-refractivity contribution in [1.82, 2.24) is 4.90 Å². The Hall–Kier alpha value is -1.46. The number of nitrogens with zero attached hydrogens (tertiary/aromatic N) is 2. The van der Waals surface area contributed by atoms with Crippen LogP contribution in [0.3, 0.4) is 0 Å². The Kier molecular flexibility index (Phi) is 5.09. The first-order valence-corrected chi connectivity index (χ1v) is 7.08. The first-order valence-electron chi connectivity index (χ1n) is 6.32. The lowest BCUT2D eigenvalue weighted by Gasteiger charge is -2.19. The summed E-state index contributed by atoms with van der Waals surface area (Å²) in [5, 5.41) is 4.04. The van der Waals surface area contributed by atoms with Gasteiger partial charge in [-0.1, -0.05) is 30.1 Å². The van der Waals surface area contributed by atoms with Crippen LogP contribution >= 0.6 is 23.2 Å². The topological polar surface area (TPSA) is 53.9 Å². The number of ether oxygens (including phenoxy) is 1. The lowest BCUT2D eigenvalue weighted by Crippen LogP contribution is -2.38. The van der Waals surface area contributed by atoms with Crippen molar-refractivity contribution in [2.24, 2.45) is 4.99 Å². The highest BCUT2D eigenvalue weighted by Gasteiger charge is 2.25. The van der Waals surface area contributed by atoms with E-state index in [4.69, 9.17) is 27.9 Å². The molecule has 1 aromatic rings. The lowest BCUT2D eigenvalue weighted by molar-refractivity contribution is 0.125. The third-order valence-corrected chi connectivity index (χ3v) is 3.22. The van der Waals surface area contributed by atoms with Crippen molar-refractivity contribution in [3.8, 4) is 0 Å². The molecule has 0 radical (unpaired) electrons. The molecule has 0 saturated carbocycles. The molecule has 1 aliphatic heterocycles. The number of aliphatic imine (C=N–C) groups is 1. The zero-order chi connectivity index (χ0) is 14.5. The van der Waals surface area contributed by atoms with Crippen LogP contribution < -0.4 is 5.32 Å². The Morgan fingerprint density at radius 1 is 1.50 bits per heavy atom. The van der Waals surface area contributed by atoms with Crippen molar-refractivity contribution in [2.45, 2.75) is 13.3 Å². The van der Waals surface area contributed by atoms with Crippen LogP contribution in [0.25, 0.3) is 0 Å². The standard InChI is InChI=1S/C13H15Cl2N3O2/c1-2-7-20-13(19)18-6-5-16-12(18)17-11-4-3-9(14)8-10(11)15/h3-4,8H,2,5-7H2,1H3,(H,16,17). The first kappa shape index (κ1) is 14.9. The van der Waals surface area contributed by atoms with Crippen molar-refractivity contribution in [3.63, 3.8) is 0 Å². The fourth-order valence-electron chi connectivity index (χ4n) is 1.71. The van der Waals surface area contributed by atoms with Crippen LogP contribution in [0.2, 0.25) is 10.0 Å². The average molecular weight is 316 g/mol. The molecule has 108 valence electrons. The third-order valence-electron chi connectivity index (χ3n) is 2.67. The second kappa shape index (κ2) is 6.81. The second-order valence-corrected chi connectivity index (χ2v) is 5.06. The van der Waals surface area contributed by atoms with Gasteiger partial charge in [0.25, 0.3) is 0 Å². The highest BCUT2D eigenvalue weighted by Crippen LogP contribution is 2.26. The van der Waals surface area contributed by atoms with Crippen molar-refractivity contribution < 1.29 is 9.53 Å². The van der Waals surface area contributed by atoms with Gasteiger partial charge in [-0.15, -0.1) is 0 Å². The van der Waals surface area contributed by atoms with E-state index in [1.807, 2.05) is 6.92 Å². The summed E-state index contributed by atoms with van der Waals surface area (Å²) < 4.78 is 5.10. The van der Waals surface area contributed by atoms with Crippen LogP contribution in [0, 0.1) is 0 Å². The van der Waals surface area contributed by atoms with Gasteiger partial charge in [-0.05, 0) is 24.6 Å². The smallest absolute Gasteiger partial charge is 0.416 e. The zero-order valence-corrected chi connectivity index (χ0v) is 12.5. The van der Waals surface area contributed by atoms with Gasteiger partial charge in [0.1, 0.15) is 0 Å². The Labute approximate surface area is 127 Å². The highest BCUT2D eigenvalue weighted by molar-refractivity contribution is 6.36. The molecule has 1 heterocycles. The zero-order valence-electron chi connectivity index (χ0n) is 11.0. The van der Waals surface area contributed by atoms with Crippen LogP contribution in [0.15, 0.2) is 23.2 Å². The van der Waals surface area contributed by atoms with E-state index < -0.39 is 6.09 Å². The molecule has 0 spiro atoms. The Morgan fingerprint density at radius 2 is 2.30 bits per heavy atom. The molecule has 0 unspecified atom stereocenters. The van der Waals surface area contributed by atoms with Gasteiger partial charge in [-0.25, -0.2) is 9.69 Å². The molecule has 0 atom stereocenters. The van der Waals surface area contributed by atoms with E-state index in [1.54, 1.807) is 18.2 Å². The number of hydrogen-bond acceptors (Lipinski definition) is 4. The van der Waals surface area contributed by atoms with Crippen molar-refractivity contribution in [1.29, 1.82) is 0 Å². The number of carbonyl (C=O) groups is 1. The minimum atomic E-state index is -0.402. The maximum atomic E-state index is 11.9. The number of guanidine groups is 1. The van der Waals surface area contributed by atoms with Crippen LogP contribution in [0.4, 0.5) is 10.5 Å². The summed E-state index contributed by atoms with van der Waals surface area (Å²) in [4.78, 5) is 17.6. The number of anilines is 1. The first-order chi connectivity index (χ1) is 9.61. The molecular formula is C13H15Cl2N3O2. The van der Waals surface area contributed by atoms with Crippen LogP contribution in [-0.4, -0.2) is 36.6 Å². The maximum absolute atomic E-state index is 11.9. The van der Waals surface area contributed by atoms with Crippen LogP contribution in [-0.2, 0) is 4.74 Å². The monoisotopic (exact) mass is 315 g/mol. The summed E-state index contributed by atoms with van der Waals surface area (Å²) in [5.41, 5.74) is 0.644. The van der Waals surface area contributed by atoms with Crippen molar-refractivity contribution in [3.05, 3.63) is 28.2 Å². The van der Waals surface area contributed by atoms with Gasteiger partial charge < -0.3 is 10.1 Å². The minimum Gasteiger partial charge on any atom is -0.449 e. The quantitative estimate of drug-likeness (QED) is 0.926. The molecule has 0 fully saturated rings. The molecule has 0 aliphatic carbocycles. The van der Waals surface area contributed by atoms with Crippen molar-refractivity contribution >= 4 is 40.9 Å². The van der Waals surface area contributed by atoms with E-state index >= 15 is 0 Å². The molecule has 2 rings (SSSR count). The predicted molar refractivity (Wildman–Crippen MR) is 80.7 cm³/mol. The molecule has 5 nitrogen and oxygen atoms in total. The molecule has 7 heteroatoms. The van der Waals surface area contributed by atoms with Gasteiger partial charge in [-0.3, -0.25) is 4.99 Å². The lowest BCUT2D eigenvalue weighted by atomic mass is 10.3.